The first-order chi connectivity index (χ1) is 16.4. The minimum atomic E-state index is -1.65. The zero-order chi connectivity index (χ0) is 24.1. The normalized spacial score (nSPS) is 22.0. The molecular weight excluding hydrogens is 432 g/mol. The second-order valence-corrected chi connectivity index (χ2v) is 8.42. The van der Waals surface area contributed by atoms with Crippen molar-refractivity contribution in [1.29, 1.82) is 0 Å². The van der Waals surface area contributed by atoms with Crippen LogP contribution in [0, 0.1) is 0 Å². The Labute approximate surface area is 198 Å². The van der Waals surface area contributed by atoms with Crippen molar-refractivity contribution in [2.24, 2.45) is 5.73 Å². The molecule has 3 unspecified atom stereocenters. The Kier molecular flexibility index (Phi) is 6.63. The largest absolute Gasteiger partial charge is 0.453 e. The van der Waals surface area contributed by atoms with E-state index in [1.807, 2.05) is 91.0 Å². The fraction of sp³-hybridized carbons (Fsp3) is 0.222. The van der Waals surface area contributed by atoms with Crippen molar-refractivity contribution in [3.05, 3.63) is 108 Å². The summed E-state index contributed by atoms with van der Waals surface area (Å²) in [6.07, 6.45) is -1.95. The van der Waals surface area contributed by atoms with Gasteiger partial charge in [-0.25, -0.2) is 9.59 Å². The van der Waals surface area contributed by atoms with Crippen molar-refractivity contribution in [3.8, 4) is 0 Å². The summed E-state index contributed by atoms with van der Waals surface area (Å²) in [5, 5.41) is 0. The predicted octanol–water partition coefficient (Wildman–Crippen LogP) is 4.30. The SMILES string of the molecule is CC1(CC(N)=O)C(=O)OC(c2ccccc2)C(c2ccccc2)N1C(=O)OCc1ccccc1. The molecule has 0 spiro atoms. The standard InChI is InChI=1S/C27H26N2O5/c1-27(17-22(28)30)25(31)34-24(21-15-9-4-10-16-21)23(20-13-7-3-8-14-20)29(27)26(32)33-18-19-11-5-2-6-12-19/h2-16,23-24H,17-18H2,1H3,(H2,28,30). The lowest BCUT2D eigenvalue weighted by Gasteiger charge is -2.49. The van der Waals surface area contributed by atoms with E-state index in [2.05, 4.69) is 0 Å². The lowest BCUT2D eigenvalue weighted by atomic mass is 9.84. The van der Waals surface area contributed by atoms with Gasteiger partial charge in [0.1, 0.15) is 12.6 Å². The van der Waals surface area contributed by atoms with Gasteiger partial charge in [0, 0.05) is 0 Å². The highest BCUT2D eigenvalue weighted by molar-refractivity contribution is 5.92. The van der Waals surface area contributed by atoms with Crippen molar-refractivity contribution in [3.63, 3.8) is 0 Å². The van der Waals surface area contributed by atoms with Crippen LogP contribution in [0.2, 0.25) is 0 Å². The van der Waals surface area contributed by atoms with Crippen LogP contribution in [0.4, 0.5) is 4.79 Å². The number of amides is 2. The molecule has 3 aromatic carbocycles. The number of hydrogen-bond acceptors (Lipinski definition) is 5. The number of esters is 1. The topological polar surface area (TPSA) is 98.9 Å². The van der Waals surface area contributed by atoms with E-state index in [1.165, 1.54) is 11.8 Å². The third-order valence-electron chi connectivity index (χ3n) is 5.96. The first-order valence-electron chi connectivity index (χ1n) is 11.0. The predicted molar refractivity (Wildman–Crippen MR) is 125 cm³/mol. The van der Waals surface area contributed by atoms with E-state index in [9.17, 15) is 14.4 Å². The van der Waals surface area contributed by atoms with Crippen molar-refractivity contribution in [1.82, 2.24) is 4.90 Å². The molecule has 2 N–H and O–H groups in total. The monoisotopic (exact) mass is 458 g/mol. The summed E-state index contributed by atoms with van der Waals surface area (Å²) in [6, 6.07) is 26.9. The summed E-state index contributed by atoms with van der Waals surface area (Å²) in [7, 11) is 0. The molecule has 1 aliphatic heterocycles. The van der Waals surface area contributed by atoms with E-state index in [-0.39, 0.29) is 6.61 Å². The molecule has 2 amide bonds. The van der Waals surface area contributed by atoms with Gasteiger partial charge in [-0.2, -0.15) is 0 Å². The second-order valence-electron chi connectivity index (χ2n) is 8.42. The average Bonchev–Trinajstić information content (AvgIpc) is 2.85. The molecule has 7 heteroatoms. The van der Waals surface area contributed by atoms with Crippen molar-refractivity contribution < 1.29 is 23.9 Å². The van der Waals surface area contributed by atoms with Gasteiger partial charge in [-0.1, -0.05) is 91.0 Å². The lowest BCUT2D eigenvalue weighted by molar-refractivity contribution is -0.186. The Hall–Kier alpha value is -4.13. The van der Waals surface area contributed by atoms with Crippen LogP contribution in [0.5, 0.6) is 0 Å². The van der Waals surface area contributed by atoms with Crippen LogP contribution in [0.3, 0.4) is 0 Å². The third kappa shape index (κ3) is 4.64. The second kappa shape index (κ2) is 9.79. The molecule has 0 saturated carbocycles. The van der Waals surface area contributed by atoms with Crippen molar-refractivity contribution in [2.45, 2.75) is 37.6 Å². The number of nitrogens with two attached hydrogens (primary N) is 1. The van der Waals surface area contributed by atoms with Crippen LogP contribution in [0.1, 0.15) is 42.2 Å². The van der Waals surface area contributed by atoms with Crippen LogP contribution >= 0.6 is 0 Å². The summed E-state index contributed by atoms with van der Waals surface area (Å²) in [4.78, 5) is 40.3. The molecule has 174 valence electrons. The molecular formula is C27H26N2O5. The summed E-state index contributed by atoms with van der Waals surface area (Å²) in [6.45, 7) is 1.50. The average molecular weight is 459 g/mol. The number of hydrogen-bond donors (Lipinski definition) is 1. The molecule has 0 aromatic heterocycles. The Morgan fingerprint density at radius 2 is 1.44 bits per heavy atom. The number of carbonyl (C=O) groups is 3. The van der Waals surface area contributed by atoms with Crippen LogP contribution in [0.15, 0.2) is 91.0 Å². The molecule has 1 aliphatic rings. The molecule has 0 bridgehead atoms. The van der Waals surface area contributed by atoms with Crippen LogP contribution in [0.25, 0.3) is 0 Å². The van der Waals surface area contributed by atoms with Gasteiger partial charge in [0.05, 0.1) is 6.42 Å². The van der Waals surface area contributed by atoms with E-state index in [4.69, 9.17) is 15.2 Å². The summed E-state index contributed by atoms with van der Waals surface area (Å²) < 4.78 is 11.6. The molecule has 1 saturated heterocycles. The number of benzene rings is 3. The van der Waals surface area contributed by atoms with Gasteiger partial charge >= 0.3 is 12.1 Å². The Balaban J connectivity index is 1.80. The number of rotatable bonds is 6. The van der Waals surface area contributed by atoms with Crippen molar-refractivity contribution in [2.75, 3.05) is 0 Å². The number of primary amides is 1. The third-order valence-corrected chi connectivity index (χ3v) is 5.96. The smallest absolute Gasteiger partial charge is 0.411 e. The molecule has 3 atom stereocenters. The molecule has 0 aliphatic carbocycles. The fourth-order valence-corrected chi connectivity index (χ4v) is 4.32. The van der Waals surface area contributed by atoms with Gasteiger partial charge in [0.25, 0.3) is 0 Å². The lowest BCUT2D eigenvalue weighted by Crippen LogP contribution is -2.63. The maximum absolute atomic E-state index is 13.6. The van der Waals surface area contributed by atoms with Gasteiger partial charge in [-0.15, -0.1) is 0 Å². The number of nitrogens with zero attached hydrogens (tertiary/aromatic N) is 1. The van der Waals surface area contributed by atoms with E-state index in [0.29, 0.717) is 5.56 Å². The molecule has 1 fully saturated rings. The van der Waals surface area contributed by atoms with Crippen LogP contribution < -0.4 is 5.73 Å². The Morgan fingerprint density at radius 3 is 2.00 bits per heavy atom. The van der Waals surface area contributed by atoms with Gasteiger partial charge in [-0.3, -0.25) is 9.69 Å². The zero-order valence-electron chi connectivity index (χ0n) is 18.8. The summed E-state index contributed by atoms with van der Waals surface area (Å²) in [5.74, 6) is -1.45. The van der Waals surface area contributed by atoms with Gasteiger partial charge < -0.3 is 15.2 Å². The van der Waals surface area contributed by atoms with Gasteiger partial charge in [0.2, 0.25) is 5.91 Å². The minimum absolute atomic E-state index is 0.00931. The van der Waals surface area contributed by atoms with Gasteiger partial charge in [0.15, 0.2) is 11.6 Å². The van der Waals surface area contributed by atoms with E-state index < -0.39 is 42.1 Å². The van der Waals surface area contributed by atoms with E-state index in [0.717, 1.165) is 11.1 Å². The molecule has 1 heterocycles. The first-order valence-corrected chi connectivity index (χ1v) is 11.0. The molecule has 34 heavy (non-hydrogen) atoms. The molecule has 4 rings (SSSR count). The number of cyclic esters (lactones) is 1. The number of ether oxygens (including phenoxy) is 2. The van der Waals surface area contributed by atoms with Crippen LogP contribution in [-0.2, 0) is 25.7 Å². The highest BCUT2D eigenvalue weighted by Gasteiger charge is 2.56. The first kappa shape index (κ1) is 23.0. The van der Waals surface area contributed by atoms with Crippen LogP contribution in [-0.4, -0.2) is 28.4 Å². The zero-order valence-corrected chi connectivity index (χ0v) is 18.8. The van der Waals surface area contributed by atoms with E-state index >= 15 is 0 Å². The van der Waals surface area contributed by atoms with E-state index in [1.54, 1.807) is 0 Å². The maximum Gasteiger partial charge on any atom is 0.411 e. The summed E-state index contributed by atoms with van der Waals surface area (Å²) in [5.41, 5.74) is 6.10. The maximum atomic E-state index is 13.6. The highest BCUT2D eigenvalue weighted by Crippen LogP contribution is 2.47. The molecule has 3 aromatic rings. The van der Waals surface area contributed by atoms with Gasteiger partial charge in [-0.05, 0) is 23.6 Å². The molecule has 7 nitrogen and oxygen atoms in total. The molecule has 0 radical (unpaired) electrons. The minimum Gasteiger partial charge on any atom is -0.453 e. The Bertz CT molecular complexity index is 1150. The fourth-order valence-electron chi connectivity index (χ4n) is 4.32. The quantitative estimate of drug-likeness (QED) is 0.556. The number of carbonyl (C=O) groups excluding carboxylic acids is 3. The Morgan fingerprint density at radius 1 is 0.912 bits per heavy atom. The highest BCUT2D eigenvalue weighted by atomic mass is 16.6. The number of morpholine rings is 1. The van der Waals surface area contributed by atoms with Crippen molar-refractivity contribution >= 4 is 18.0 Å². The summed E-state index contributed by atoms with van der Waals surface area (Å²) >= 11 is 0.